The van der Waals surface area contributed by atoms with Crippen molar-refractivity contribution >= 4 is 23.2 Å². The van der Waals surface area contributed by atoms with Gasteiger partial charge in [-0.05, 0) is 20.3 Å². The number of hydrogen-bond acceptors (Lipinski definition) is 0. The molecule has 0 nitrogen and oxygen atoms in total. The summed E-state index contributed by atoms with van der Waals surface area (Å²) in [5.74, 6) is 5.79. The van der Waals surface area contributed by atoms with Gasteiger partial charge in [-0.2, -0.15) is 0 Å². The molecule has 0 heterocycles. The van der Waals surface area contributed by atoms with E-state index in [0.717, 1.165) is 12.0 Å². The Bertz CT molecular complexity index is 203. The Morgan fingerprint density at radius 3 is 2.55 bits per heavy atom. The van der Waals surface area contributed by atoms with Gasteiger partial charge in [-0.25, -0.2) is 0 Å². The molecule has 0 saturated heterocycles. The number of halogens is 2. The van der Waals surface area contributed by atoms with Gasteiger partial charge in [0.05, 0.1) is 0 Å². The first-order valence-corrected chi connectivity index (χ1v) is 4.32. The summed E-state index contributed by atoms with van der Waals surface area (Å²) in [5.41, 5.74) is 2.29. The molecule has 0 amide bonds. The molecule has 0 rings (SSSR count). The number of hydrogen-bond donors (Lipinski definition) is 0. The van der Waals surface area contributed by atoms with Crippen molar-refractivity contribution in [3.05, 3.63) is 11.1 Å². The third-order valence-electron chi connectivity index (χ3n) is 1.35. The van der Waals surface area contributed by atoms with E-state index < -0.39 is 4.87 Å². The van der Waals surface area contributed by atoms with Crippen LogP contribution in [0.1, 0.15) is 27.2 Å². The minimum Gasteiger partial charge on any atom is -0.105 e. The van der Waals surface area contributed by atoms with Crippen LogP contribution in [0, 0.1) is 11.8 Å². The number of allylic oxidation sites excluding steroid dienone is 1. The van der Waals surface area contributed by atoms with Crippen molar-refractivity contribution in [1.82, 2.24) is 0 Å². The Balaban J connectivity index is 4.29. The summed E-state index contributed by atoms with van der Waals surface area (Å²) in [5, 5.41) is 0. The van der Waals surface area contributed by atoms with E-state index in [1.165, 1.54) is 5.54 Å². The average Bonchev–Trinajstić information content (AvgIpc) is 2.00. The zero-order valence-corrected chi connectivity index (χ0v) is 8.55. The summed E-state index contributed by atoms with van der Waals surface area (Å²) in [6.45, 7) is 5.74. The third-order valence-corrected chi connectivity index (χ3v) is 2.04. The summed E-state index contributed by atoms with van der Waals surface area (Å²) >= 11 is 11.4. The topological polar surface area (TPSA) is 0 Å². The zero-order valence-electron chi connectivity index (χ0n) is 7.04. The van der Waals surface area contributed by atoms with Crippen LogP contribution in [-0.2, 0) is 0 Å². The minimum atomic E-state index is -0.416. The molecule has 0 fully saturated rings. The molecule has 0 aliphatic carbocycles. The highest BCUT2D eigenvalue weighted by Crippen LogP contribution is 2.16. The molecule has 1 unspecified atom stereocenters. The van der Waals surface area contributed by atoms with Crippen LogP contribution in [-0.4, -0.2) is 4.87 Å². The summed E-state index contributed by atoms with van der Waals surface area (Å²) < 4.78 is 0. The predicted molar refractivity (Wildman–Crippen MR) is 51.9 cm³/mol. The van der Waals surface area contributed by atoms with E-state index in [1.807, 2.05) is 20.8 Å². The van der Waals surface area contributed by atoms with Gasteiger partial charge in [0.25, 0.3) is 0 Å². The van der Waals surface area contributed by atoms with Crippen molar-refractivity contribution in [1.29, 1.82) is 0 Å². The largest absolute Gasteiger partial charge is 0.105 e. The van der Waals surface area contributed by atoms with Gasteiger partial charge in [-0.15, -0.1) is 11.6 Å². The lowest BCUT2D eigenvalue weighted by Crippen LogP contribution is -2.10. The van der Waals surface area contributed by atoms with E-state index in [9.17, 15) is 0 Å². The van der Waals surface area contributed by atoms with Crippen LogP contribution < -0.4 is 0 Å². The first-order valence-electron chi connectivity index (χ1n) is 3.51. The molecule has 0 aromatic carbocycles. The molecule has 0 aliphatic heterocycles. The molecule has 0 aromatic heterocycles. The van der Waals surface area contributed by atoms with Gasteiger partial charge in [0, 0.05) is 11.1 Å². The van der Waals surface area contributed by atoms with Crippen LogP contribution in [0.2, 0.25) is 0 Å². The maximum Gasteiger partial charge on any atom is 0.102 e. The van der Waals surface area contributed by atoms with Crippen molar-refractivity contribution < 1.29 is 0 Å². The monoisotopic (exact) mass is 190 g/mol. The van der Waals surface area contributed by atoms with Crippen molar-refractivity contribution in [3.63, 3.8) is 0 Å². The summed E-state index contributed by atoms with van der Waals surface area (Å²) in [6.07, 6.45) is 0.830. The Morgan fingerprint density at radius 2 is 2.18 bits per heavy atom. The number of rotatable bonds is 1. The smallest absolute Gasteiger partial charge is 0.102 e. The first-order chi connectivity index (χ1) is 5.02. The summed E-state index contributed by atoms with van der Waals surface area (Å²) in [7, 11) is 0. The van der Waals surface area contributed by atoms with E-state index in [1.54, 1.807) is 0 Å². The molecule has 0 spiro atoms. The Labute approximate surface area is 78.6 Å². The second-order valence-electron chi connectivity index (χ2n) is 2.59. The molecular formula is C9H12Cl2. The molecule has 1 atom stereocenters. The SMILES string of the molecule is CCC(C)(Cl)C#C/C(C)=C/Cl. The lowest BCUT2D eigenvalue weighted by molar-refractivity contribution is 0.766. The van der Waals surface area contributed by atoms with Crippen LogP contribution in [0.25, 0.3) is 0 Å². The van der Waals surface area contributed by atoms with Gasteiger partial charge in [-0.1, -0.05) is 30.4 Å². The highest BCUT2D eigenvalue weighted by Gasteiger charge is 2.12. The van der Waals surface area contributed by atoms with E-state index in [2.05, 4.69) is 11.8 Å². The van der Waals surface area contributed by atoms with Gasteiger partial charge in [0.1, 0.15) is 4.87 Å². The lowest BCUT2D eigenvalue weighted by Gasteiger charge is -2.09. The van der Waals surface area contributed by atoms with Crippen molar-refractivity contribution in [2.45, 2.75) is 32.1 Å². The Morgan fingerprint density at radius 1 is 1.64 bits per heavy atom. The fourth-order valence-corrected chi connectivity index (χ4v) is 0.446. The molecular weight excluding hydrogens is 179 g/mol. The van der Waals surface area contributed by atoms with E-state index in [4.69, 9.17) is 23.2 Å². The van der Waals surface area contributed by atoms with Gasteiger partial charge in [-0.3, -0.25) is 0 Å². The molecule has 0 radical (unpaired) electrons. The molecule has 0 aliphatic rings. The van der Waals surface area contributed by atoms with Crippen LogP contribution in [0.5, 0.6) is 0 Å². The van der Waals surface area contributed by atoms with E-state index in [-0.39, 0.29) is 0 Å². The van der Waals surface area contributed by atoms with Gasteiger partial charge in [0.15, 0.2) is 0 Å². The molecule has 11 heavy (non-hydrogen) atoms. The average molecular weight is 191 g/mol. The molecule has 0 saturated carbocycles. The second-order valence-corrected chi connectivity index (χ2v) is 3.65. The predicted octanol–water partition coefficient (Wildman–Crippen LogP) is 3.54. The zero-order chi connectivity index (χ0) is 8.91. The maximum absolute atomic E-state index is 5.98. The van der Waals surface area contributed by atoms with Gasteiger partial charge < -0.3 is 0 Å². The van der Waals surface area contributed by atoms with Gasteiger partial charge >= 0.3 is 0 Å². The van der Waals surface area contributed by atoms with E-state index >= 15 is 0 Å². The Hall–Kier alpha value is -0.120. The first kappa shape index (κ1) is 10.9. The fraction of sp³-hybridized carbons (Fsp3) is 0.556. The molecule has 0 N–H and O–H groups in total. The van der Waals surface area contributed by atoms with Crippen molar-refractivity contribution in [3.8, 4) is 11.8 Å². The normalized spacial score (nSPS) is 16.6. The molecule has 62 valence electrons. The molecule has 0 aromatic rings. The van der Waals surface area contributed by atoms with Crippen LogP contribution in [0.4, 0.5) is 0 Å². The quantitative estimate of drug-likeness (QED) is 0.439. The van der Waals surface area contributed by atoms with Crippen LogP contribution in [0.15, 0.2) is 11.1 Å². The van der Waals surface area contributed by atoms with E-state index in [0.29, 0.717) is 0 Å². The van der Waals surface area contributed by atoms with Crippen molar-refractivity contribution in [2.75, 3.05) is 0 Å². The highest BCUT2D eigenvalue weighted by molar-refractivity contribution is 6.26. The highest BCUT2D eigenvalue weighted by atomic mass is 35.5. The maximum atomic E-state index is 5.98. The third kappa shape index (κ3) is 5.18. The second kappa shape index (κ2) is 4.70. The summed E-state index contributed by atoms with van der Waals surface area (Å²) in [6, 6.07) is 0. The van der Waals surface area contributed by atoms with Crippen LogP contribution in [0.3, 0.4) is 0 Å². The Kier molecular flexibility index (Phi) is 4.65. The molecule has 2 heteroatoms. The lowest BCUT2D eigenvalue weighted by atomic mass is 10.1. The van der Waals surface area contributed by atoms with Gasteiger partial charge in [0.2, 0.25) is 0 Å². The standard InChI is InChI=1S/C9H12Cl2/c1-4-9(3,11)6-5-8(2)7-10/h7H,4H2,1-3H3/b8-7+. The number of alkyl halides is 1. The summed E-state index contributed by atoms with van der Waals surface area (Å²) in [4.78, 5) is -0.416. The minimum absolute atomic E-state index is 0.416. The van der Waals surface area contributed by atoms with Crippen molar-refractivity contribution in [2.24, 2.45) is 0 Å². The molecule has 0 bridgehead atoms. The van der Waals surface area contributed by atoms with Crippen LogP contribution >= 0.6 is 23.2 Å². The fourth-order valence-electron chi connectivity index (χ4n) is 0.345.